The molecule has 0 aliphatic carbocycles. The van der Waals surface area contributed by atoms with Gasteiger partial charge in [0, 0.05) is 23.7 Å². The minimum absolute atomic E-state index is 0.0445. The van der Waals surface area contributed by atoms with Crippen LogP contribution in [0.1, 0.15) is 81.5 Å². The summed E-state index contributed by atoms with van der Waals surface area (Å²) in [5.74, 6) is -1.17. The van der Waals surface area contributed by atoms with E-state index in [2.05, 4.69) is 33.9 Å². The Labute approximate surface area is 237 Å². The molecule has 39 heavy (non-hydrogen) atoms. The molecule has 3 rings (SSSR count). The van der Waals surface area contributed by atoms with Crippen LogP contribution >= 0.6 is 12.2 Å². The van der Waals surface area contributed by atoms with E-state index in [9.17, 15) is 19.7 Å². The number of thiocarbonyl (C=S) groups is 1. The van der Waals surface area contributed by atoms with Gasteiger partial charge in [-0.3, -0.25) is 14.9 Å². The van der Waals surface area contributed by atoms with E-state index in [1.54, 1.807) is 12.1 Å². The Kier molecular flexibility index (Phi) is 9.46. The third-order valence-electron chi connectivity index (χ3n) is 7.73. The summed E-state index contributed by atoms with van der Waals surface area (Å²) in [5, 5.41) is 12.0. The maximum atomic E-state index is 12.5. The second-order valence-electron chi connectivity index (χ2n) is 11.6. The lowest BCUT2D eigenvalue weighted by Crippen LogP contribution is -2.46. The van der Waals surface area contributed by atoms with Crippen LogP contribution in [0.5, 0.6) is 0 Å². The van der Waals surface area contributed by atoms with Crippen molar-refractivity contribution in [2.24, 2.45) is 0 Å². The van der Waals surface area contributed by atoms with Gasteiger partial charge < -0.3 is 14.1 Å². The molecule has 8 nitrogen and oxygen atoms in total. The Bertz CT molecular complexity index is 1240. The highest BCUT2D eigenvalue weighted by molar-refractivity contribution is 7.81. The van der Waals surface area contributed by atoms with Crippen molar-refractivity contribution < 1.29 is 23.7 Å². The third kappa shape index (κ3) is 7.17. The number of carbonyl (C=O) groups is 2. The van der Waals surface area contributed by atoms with Crippen molar-refractivity contribution in [2.45, 2.75) is 77.4 Å². The molecular formula is C29H38N2O6SSi. The molecular weight excluding hydrogens is 532 g/mol. The Morgan fingerprint density at radius 3 is 2.28 bits per heavy atom. The number of nitrogens with zero attached hydrogens (tertiary/aromatic N) is 2. The molecule has 1 aliphatic rings. The maximum Gasteiger partial charge on any atom is 0.382 e. The Balaban J connectivity index is 2.00. The predicted octanol–water partition coefficient (Wildman–Crippen LogP) is 6.34. The van der Waals surface area contributed by atoms with Crippen LogP contribution < -0.4 is 0 Å². The second-order valence-corrected chi connectivity index (χ2v) is 16.7. The molecule has 2 aromatic carbocycles. The summed E-state index contributed by atoms with van der Waals surface area (Å²) in [7, 11) is -2.20. The number of benzene rings is 2. The number of amides is 1. The average Bonchev–Trinajstić information content (AvgIpc) is 2.87. The first-order valence-electron chi connectivity index (χ1n) is 13.1. The van der Waals surface area contributed by atoms with Crippen LogP contribution in [0.2, 0.25) is 18.1 Å². The number of β-lactam (4-membered cyclic amide) rings is 1. The number of hydrogen-bond donors (Lipinski definition) is 0. The zero-order valence-corrected chi connectivity index (χ0v) is 25.5. The standard InChI is InChI=1S/C29H38N2O6SSi/c1-19(27(38)21-11-9-8-10-12-21)23-14-13-22(17-24(23)20(2)37-39(6,7)29(3,4)5)28(31(34)35)36-26(33)18-30-16-15-25(30)32/h8-14,17,19-20,28H,15-16,18H2,1-7H3/t19-,20-,28?/m1/s1. The Hall–Kier alpha value is -2.95. The summed E-state index contributed by atoms with van der Waals surface area (Å²) >= 11 is 5.85. The van der Waals surface area contributed by atoms with Gasteiger partial charge in [0.1, 0.15) is 6.54 Å². The number of hydrogen-bond acceptors (Lipinski definition) is 7. The van der Waals surface area contributed by atoms with Gasteiger partial charge in [0.2, 0.25) is 5.91 Å². The van der Waals surface area contributed by atoms with Gasteiger partial charge >= 0.3 is 12.2 Å². The predicted molar refractivity (Wildman–Crippen MR) is 157 cm³/mol. The summed E-state index contributed by atoms with van der Waals surface area (Å²) in [5.41, 5.74) is 2.83. The van der Waals surface area contributed by atoms with Gasteiger partial charge in [0.25, 0.3) is 0 Å². The summed E-state index contributed by atoms with van der Waals surface area (Å²) in [4.78, 5) is 37.5. The number of ether oxygens (including phenoxy) is 1. The molecule has 0 radical (unpaired) electrons. The van der Waals surface area contributed by atoms with Crippen LogP contribution in [-0.2, 0) is 18.8 Å². The molecule has 1 heterocycles. The first kappa shape index (κ1) is 30.6. The van der Waals surface area contributed by atoms with E-state index >= 15 is 0 Å². The van der Waals surface area contributed by atoms with Gasteiger partial charge in [0.05, 0.1) is 16.6 Å². The molecule has 0 saturated carbocycles. The lowest BCUT2D eigenvalue weighted by atomic mass is 9.87. The Morgan fingerprint density at radius 1 is 1.13 bits per heavy atom. The largest absolute Gasteiger partial charge is 0.410 e. The highest BCUT2D eigenvalue weighted by atomic mass is 32.1. The van der Waals surface area contributed by atoms with E-state index in [4.69, 9.17) is 21.4 Å². The fourth-order valence-corrected chi connectivity index (χ4v) is 5.88. The number of likely N-dealkylation sites (tertiary alicyclic amines) is 1. The fraction of sp³-hybridized carbons (Fsp3) is 0.483. The summed E-state index contributed by atoms with van der Waals surface area (Å²) in [6.45, 7) is 14.9. The zero-order valence-electron chi connectivity index (χ0n) is 23.7. The molecule has 0 bridgehead atoms. The second kappa shape index (κ2) is 12.1. The molecule has 210 valence electrons. The van der Waals surface area contributed by atoms with Crippen LogP contribution in [0.15, 0.2) is 48.5 Å². The lowest BCUT2D eigenvalue weighted by molar-refractivity contribution is -0.576. The van der Waals surface area contributed by atoms with E-state index < -0.39 is 25.4 Å². The van der Waals surface area contributed by atoms with Gasteiger partial charge in [0.15, 0.2) is 8.32 Å². The lowest BCUT2D eigenvalue weighted by Gasteiger charge is -2.39. The number of rotatable bonds is 11. The number of nitro groups is 1. The minimum atomic E-state index is -2.20. The average molecular weight is 571 g/mol. The van der Waals surface area contributed by atoms with Crippen molar-refractivity contribution in [3.63, 3.8) is 0 Å². The quantitative estimate of drug-likeness (QED) is 0.0454. The molecule has 3 atom stereocenters. The van der Waals surface area contributed by atoms with E-state index in [-0.39, 0.29) is 35.1 Å². The van der Waals surface area contributed by atoms with Gasteiger partial charge in [-0.05, 0) is 53.9 Å². The fourth-order valence-electron chi connectivity index (χ4n) is 4.25. The molecule has 1 fully saturated rings. The highest BCUT2D eigenvalue weighted by Gasteiger charge is 2.40. The van der Waals surface area contributed by atoms with Crippen LogP contribution in [-0.4, -0.2) is 48.0 Å². The van der Waals surface area contributed by atoms with Gasteiger partial charge in [-0.1, -0.05) is 76.3 Å². The van der Waals surface area contributed by atoms with Gasteiger partial charge in [-0.15, -0.1) is 0 Å². The summed E-state index contributed by atoms with van der Waals surface area (Å²) in [6, 6.07) is 14.9. The molecule has 10 heteroatoms. The monoisotopic (exact) mass is 570 g/mol. The van der Waals surface area contributed by atoms with Crippen molar-refractivity contribution in [2.75, 3.05) is 13.1 Å². The smallest absolute Gasteiger partial charge is 0.382 e. The third-order valence-corrected chi connectivity index (χ3v) is 12.9. The molecule has 1 aliphatic heterocycles. The topological polar surface area (TPSA) is 99.0 Å². The molecule has 1 unspecified atom stereocenters. The van der Waals surface area contributed by atoms with Crippen molar-refractivity contribution in [3.8, 4) is 0 Å². The summed E-state index contributed by atoms with van der Waals surface area (Å²) < 4.78 is 12.0. The van der Waals surface area contributed by atoms with E-state index in [0.29, 0.717) is 13.0 Å². The zero-order chi connectivity index (χ0) is 29.1. The molecule has 2 aromatic rings. The minimum Gasteiger partial charge on any atom is -0.410 e. The maximum absolute atomic E-state index is 12.5. The van der Waals surface area contributed by atoms with Crippen molar-refractivity contribution in [3.05, 3.63) is 80.9 Å². The first-order chi connectivity index (χ1) is 18.1. The van der Waals surface area contributed by atoms with Crippen LogP contribution in [0.25, 0.3) is 0 Å². The summed E-state index contributed by atoms with van der Waals surface area (Å²) in [6.07, 6.45) is -1.73. The van der Waals surface area contributed by atoms with Crippen LogP contribution in [0, 0.1) is 10.1 Å². The number of carbonyl (C=O) groups excluding carboxylic acids is 2. The molecule has 0 N–H and O–H groups in total. The van der Waals surface area contributed by atoms with Crippen LogP contribution in [0.4, 0.5) is 0 Å². The van der Waals surface area contributed by atoms with Crippen LogP contribution in [0.3, 0.4) is 0 Å². The SMILES string of the molecule is C[C@@H](O[Si](C)(C)C(C)(C)C)c1cc(C(OC(=O)CN2CCC2=O)[N+](=O)[O-])ccc1[C@@H](C)C(=S)c1ccccc1. The molecule has 0 aromatic heterocycles. The Morgan fingerprint density at radius 2 is 1.77 bits per heavy atom. The molecule has 1 amide bonds. The van der Waals surface area contributed by atoms with Crippen molar-refractivity contribution in [1.29, 1.82) is 0 Å². The first-order valence-corrected chi connectivity index (χ1v) is 16.5. The normalized spacial score (nSPS) is 16.2. The highest BCUT2D eigenvalue weighted by Crippen LogP contribution is 2.41. The van der Waals surface area contributed by atoms with E-state index in [1.165, 1.54) is 4.90 Å². The number of esters is 1. The molecule has 1 saturated heterocycles. The van der Waals surface area contributed by atoms with Gasteiger partial charge in [-0.2, -0.15) is 0 Å². The van der Waals surface area contributed by atoms with E-state index in [0.717, 1.165) is 21.6 Å². The van der Waals surface area contributed by atoms with Crippen molar-refractivity contribution in [1.82, 2.24) is 4.90 Å². The molecule has 0 spiro atoms. The van der Waals surface area contributed by atoms with Crippen molar-refractivity contribution >= 4 is 37.3 Å². The van der Waals surface area contributed by atoms with E-state index in [1.807, 2.05) is 50.2 Å². The van der Waals surface area contributed by atoms with Gasteiger partial charge in [-0.25, -0.2) is 4.79 Å².